The summed E-state index contributed by atoms with van der Waals surface area (Å²) in [6.45, 7) is 0. The van der Waals surface area contributed by atoms with Gasteiger partial charge in [-0.15, -0.1) is 0 Å². The summed E-state index contributed by atoms with van der Waals surface area (Å²) in [5, 5.41) is 3.94. The van der Waals surface area contributed by atoms with Crippen LogP contribution in [0.4, 0.5) is 0 Å². The Labute approximate surface area is 83.5 Å². The van der Waals surface area contributed by atoms with E-state index in [0.717, 1.165) is 5.56 Å². The fourth-order valence-electron chi connectivity index (χ4n) is 0.873. The maximum absolute atomic E-state index is 5.82. The molecule has 0 bridgehead atoms. The second-order valence-corrected chi connectivity index (χ2v) is 2.95. The van der Waals surface area contributed by atoms with Crippen LogP contribution in [0.2, 0.25) is 10.4 Å². The minimum atomic E-state index is 0.116. The molecule has 2 heterocycles. The standard InChI is InChI=1S/C7H3Cl2N3O/c8-6-5(2-10-7(9)12-6)4-1-11-13-3-4/h1-3H. The van der Waals surface area contributed by atoms with Gasteiger partial charge in [0.05, 0.1) is 6.20 Å². The Hall–Kier alpha value is -1.13. The van der Waals surface area contributed by atoms with Crippen molar-refractivity contribution < 1.29 is 4.52 Å². The molecule has 0 spiro atoms. The first kappa shape index (κ1) is 8.47. The topological polar surface area (TPSA) is 51.8 Å². The highest BCUT2D eigenvalue weighted by Crippen LogP contribution is 2.25. The van der Waals surface area contributed by atoms with Gasteiger partial charge in [-0.3, -0.25) is 0 Å². The van der Waals surface area contributed by atoms with E-state index in [0.29, 0.717) is 5.56 Å². The summed E-state index contributed by atoms with van der Waals surface area (Å²) in [5.74, 6) is 0. The van der Waals surface area contributed by atoms with Crippen LogP contribution < -0.4 is 0 Å². The molecule has 0 fully saturated rings. The van der Waals surface area contributed by atoms with E-state index in [1.165, 1.54) is 18.7 Å². The van der Waals surface area contributed by atoms with Gasteiger partial charge in [0.2, 0.25) is 5.28 Å². The van der Waals surface area contributed by atoms with Gasteiger partial charge in [0.25, 0.3) is 0 Å². The van der Waals surface area contributed by atoms with Gasteiger partial charge >= 0.3 is 0 Å². The van der Waals surface area contributed by atoms with Gasteiger partial charge < -0.3 is 4.52 Å². The predicted molar refractivity (Wildman–Crippen MR) is 47.5 cm³/mol. The van der Waals surface area contributed by atoms with Crippen LogP contribution in [0.5, 0.6) is 0 Å². The molecule has 0 amide bonds. The molecule has 0 saturated carbocycles. The minimum Gasteiger partial charge on any atom is -0.364 e. The monoisotopic (exact) mass is 215 g/mol. The minimum absolute atomic E-state index is 0.116. The molecule has 4 nitrogen and oxygen atoms in total. The summed E-state index contributed by atoms with van der Waals surface area (Å²) in [6, 6.07) is 0. The van der Waals surface area contributed by atoms with E-state index in [2.05, 4.69) is 19.6 Å². The lowest BCUT2D eigenvalue weighted by Gasteiger charge is -1.97. The molecule has 0 aliphatic heterocycles. The van der Waals surface area contributed by atoms with Gasteiger partial charge in [0, 0.05) is 17.3 Å². The number of halogens is 2. The fraction of sp³-hybridized carbons (Fsp3) is 0. The average molecular weight is 216 g/mol. The molecule has 2 rings (SSSR count). The zero-order valence-corrected chi connectivity index (χ0v) is 7.75. The predicted octanol–water partition coefficient (Wildman–Crippen LogP) is 2.44. The number of rotatable bonds is 1. The lowest BCUT2D eigenvalue weighted by Crippen LogP contribution is -1.85. The molecule has 66 valence electrons. The molecule has 6 heteroatoms. The van der Waals surface area contributed by atoms with Crippen molar-refractivity contribution in [3.05, 3.63) is 29.1 Å². The number of hydrogen-bond acceptors (Lipinski definition) is 4. The Morgan fingerprint density at radius 2 is 2.08 bits per heavy atom. The van der Waals surface area contributed by atoms with Crippen molar-refractivity contribution in [3.8, 4) is 11.1 Å². The van der Waals surface area contributed by atoms with Crippen LogP contribution in [-0.2, 0) is 0 Å². The van der Waals surface area contributed by atoms with Crippen LogP contribution in [0.25, 0.3) is 11.1 Å². The second kappa shape index (κ2) is 3.32. The van der Waals surface area contributed by atoms with Crippen molar-refractivity contribution >= 4 is 23.2 Å². The summed E-state index contributed by atoms with van der Waals surface area (Å²) in [4.78, 5) is 7.58. The van der Waals surface area contributed by atoms with Gasteiger partial charge in [-0.05, 0) is 11.6 Å². The Morgan fingerprint density at radius 1 is 1.23 bits per heavy atom. The Morgan fingerprint density at radius 3 is 2.69 bits per heavy atom. The summed E-state index contributed by atoms with van der Waals surface area (Å²) < 4.78 is 4.66. The summed E-state index contributed by atoms with van der Waals surface area (Å²) in [6.07, 6.45) is 4.50. The van der Waals surface area contributed by atoms with Crippen molar-refractivity contribution in [1.82, 2.24) is 15.1 Å². The molecule has 0 aromatic carbocycles. The van der Waals surface area contributed by atoms with Gasteiger partial charge in [0.15, 0.2) is 0 Å². The van der Waals surface area contributed by atoms with Crippen LogP contribution >= 0.6 is 23.2 Å². The van der Waals surface area contributed by atoms with Gasteiger partial charge in [-0.2, -0.15) is 0 Å². The van der Waals surface area contributed by atoms with Crippen LogP contribution in [0.3, 0.4) is 0 Å². The number of aromatic nitrogens is 3. The zero-order chi connectivity index (χ0) is 9.26. The summed E-state index contributed by atoms with van der Waals surface area (Å²) >= 11 is 11.3. The number of hydrogen-bond donors (Lipinski definition) is 0. The fourth-order valence-corrected chi connectivity index (χ4v) is 1.29. The molecular formula is C7H3Cl2N3O. The third-order valence-electron chi connectivity index (χ3n) is 1.46. The van der Waals surface area contributed by atoms with E-state index in [4.69, 9.17) is 23.2 Å². The maximum atomic E-state index is 5.82. The molecule has 0 radical (unpaired) electrons. The van der Waals surface area contributed by atoms with Crippen LogP contribution in [0.1, 0.15) is 0 Å². The van der Waals surface area contributed by atoms with E-state index in [-0.39, 0.29) is 10.4 Å². The molecule has 0 saturated heterocycles. The van der Waals surface area contributed by atoms with E-state index in [1.54, 1.807) is 0 Å². The summed E-state index contributed by atoms with van der Waals surface area (Å²) in [5.41, 5.74) is 1.37. The molecule has 2 aromatic heterocycles. The quantitative estimate of drug-likeness (QED) is 0.542. The molecule has 0 N–H and O–H groups in total. The molecule has 13 heavy (non-hydrogen) atoms. The van der Waals surface area contributed by atoms with Gasteiger partial charge in [-0.1, -0.05) is 16.8 Å². The van der Waals surface area contributed by atoms with Gasteiger partial charge in [0.1, 0.15) is 11.4 Å². The Bertz CT molecular complexity index is 416. The third kappa shape index (κ3) is 1.64. The third-order valence-corrected chi connectivity index (χ3v) is 1.93. The van der Waals surface area contributed by atoms with Gasteiger partial charge in [-0.25, -0.2) is 9.97 Å². The highest BCUT2D eigenvalue weighted by Gasteiger charge is 2.07. The Kier molecular flexibility index (Phi) is 2.16. The van der Waals surface area contributed by atoms with E-state index >= 15 is 0 Å². The van der Waals surface area contributed by atoms with Crippen molar-refractivity contribution in [2.45, 2.75) is 0 Å². The second-order valence-electron chi connectivity index (χ2n) is 2.26. The van der Waals surface area contributed by atoms with Crippen molar-refractivity contribution in [3.63, 3.8) is 0 Å². The average Bonchev–Trinajstić information content (AvgIpc) is 2.56. The first-order valence-corrected chi connectivity index (χ1v) is 4.11. The molecule has 0 unspecified atom stereocenters. The van der Waals surface area contributed by atoms with E-state index in [1.807, 2.05) is 0 Å². The van der Waals surface area contributed by atoms with E-state index < -0.39 is 0 Å². The highest BCUT2D eigenvalue weighted by molar-refractivity contribution is 6.33. The Balaban J connectivity index is 2.53. The van der Waals surface area contributed by atoms with Crippen LogP contribution in [0.15, 0.2) is 23.2 Å². The molecule has 0 atom stereocenters. The van der Waals surface area contributed by atoms with E-state index in [9.17, 15) is 0 Å². The molecule has 0 aliphatic rings. The van der Waals surface area contributed by atoms with Crippen molar-refractivity contribution in [1.29, 1.82) is 0 Å². The molecular weight excluding hydrogens is 213 g/mol. The summed E-state index contributed by atoms with van der Waals surface area (Å²) in [7, 11) is 0. The molecule has 2 aromatic rings. The highest BCUT2D eigenvalue weighted by atomic mass is 35.5. The lowest BCUT2D eigenvalue weighted by atomic mass is 10.2. The normalized spacial score (nSPS) is 10.3. The maximum Gasteiger partial charge on any atom is 0.223 e. The first-order chi connectivity index (χ1) is 6.27. The van der Waals surface area contributed by atoms with Crippen LogP contribution in [0, 0.1) is 0 Å². The van der Waals surface area contributed by atoms with Crippen molar-refractivity contribution in [2.24, 2.45) is 0 Å². The molecule has 0 aliphatic carbocycles. The van der Waals surface area contributed by atoms with Crippen molar-refractivity contribution in [2.75, 3.05) is 0 Å². The smallest absolute Gasteiger partial charge is 0.223 e. The largest absolute Gasteiger partial charge is 0.364 e. The first-order valence-electron chi connectivity index (χ1n) is 3.35. The SMILES string of the molecule is Clc1ncc(-c2cnoc2)c(Cl)n1. The lowest BCUT2D eigenvalue weighted by molar-refractivity contribution is 0.420. The number of nitrogens with zero attached hydrogens (tertiary/aromatic N) is 3. The zero-order valence-electron chi connectivity index (χ0n) is 6.24. The van der Waals surface area contributed by atoms with Crippen LogP contribution in [-0.4, -0.2) is 15.1 Å².